The lowest BCUT2D eigenvalue weighted by atomic mass is 10.2. The molecule has 2 rings (SSSR count). The van der Waals surface area contributed by atoms with E-state index in [-0.39, 0.29) is 11.3 Å². The SMILES string of the molecule is O=C(O)c1ccc(Br)cc1NS(=O)(=O)N1CCCC1. The van der Waals surface area contributed by atoms with Crippen LogP contribution >= 0.6 is 15.9 Å². The molecule has 1 aliphatic rings. The number of aromatic carboxylic acids is 1. The first-order valence-electron chi connectivity index (χ1n) is 5.71. The number of nitrogens with one attached hydrogen (secondary N) is 1. The van der Waals surface area contributed by atoms with Crippen LogP contribution in [-0.4, -0.2) is 36.9 Å². The van der Waals surface area contributed by atoms with E-state index in [2.05, 4.69) is 20.7 Å². The quantitative estimate of drug-likeness (QED) is 0.869. The summed E-state index contributed by atoms with van der Waals surface area (Å²) in [5, 5.41) is 9.05. The van der Waals surface area contributed by atoms with Crippen LogP contribution in [0.3, 0.4) is 0 Å². The second-order valence-corrected chi connectivity index (χ2v) is 6.79. The van der Waals surface area contributed by atoms with E-state index in [4.69, 9.17) is 5.11 Å². The standard InChI is InChI=1S/C11H13BrN2O4S/c12-8-3-4-9(11(15)16)10(7-8)13-19(17,18)14-5-1-2-6-14/h3-4,7,13H,1-2,5-6H2,(H,15,16). The lowest BCUT2D eigenvalue weighted by Gasteiger charge is -2.18. The summed E-state index contributed by atoms with van der Waals surface area (Å²) < 4.78 is 28.5. The van der Waals surface area contributed by atoms with E-state index in [1.165, 1.54) is 16.4 Å². The van der Waals surface area contributed by atoms with Gasteiger partial charge in [-0.15, -0.1) is 0 Å². The molecule has 2 N–H and O–H groups in total. The lowest BCUT2D eigenvalue weighted by Crippen LogP contribution is -2.33. The summed E-state index contributed by atoms with van der Waals surface area (Å²) in [6, 6.07) is 4.35. The maximum Gasteiger partial charge on any atom is 0.337 e. The Hall–Kier alpha value is -1.12. The van der Waals surface area contributed by atoms with Crippen LogP contribution in [0.2, 0.25) is 0 Å². The highest BCUT2D eigenvalue weighted by Crippen LogP contribution is 2.24. The molecule has 104 valence electrons. The largest absolute Gasteiger partial charge is 0.478 e. The summed E-state index contributed by atoms with van der Waals surface area (Å²) in [6.45, 7) is 0.928. The van der Waals surface area contributed by atoms with Gasteiger partial charge in [0.1, 0.15) is 0 Å². The molecule has 0 aromatic heterocycles. The van der Waals surface area contributed by atoms with Gasteiger partial charge < -0.3 is 5.11 Å². The van der Waals surface area contributed by atoms with E-state index in [0.717, 1.165) is 12.8 Å². The molecule has 6 nitrogen and oxygen atoms in total. The minimum atomic E-state index is -3.69. The van der Waals surface area contributed by atoms with Crippen molar-refractivity contribution in [2.75, 3.05) is 17.8 Å². The van der Waals surface area contributed by atoms with Gasteiger partial charge in [-0.1, -0.05) is 15.9 Å². The van der Waals surface area contributed by atoms with Gasteiger partial charge in [-0.2, -0.15) is 12.7 Å². The number of hydrogen-bond acceptors (Lipinski definition) is 3. The smallest absolute Gasteiger partial charge is 0.337 e. The first-order chi connectivity index (χ1) is 8.90. The number of benzene rings is 1. The first kappa shape index (κ1) is 14.3. The maximum atomic E-state index is 12.1. The van der Waals surface area contributed by atoms with Crippen molar-refractivity contribution in [2.45, 2.75) is 12.8 Å². The van der Waals surface area contributed by atoms with E-state index in [1.807, 2.05) is 0 Å². The van der Waals surface area contributed by atoms with Crippen molar-refractivity contribution in [3.8, 4) is 0 Å². The van der Waals surface area contributed by atoms with Crippen LogP contribution in [0.25, 0.3) is 0 Å². The fourth-order valence-electron chi connectivity index (χ4n) is 1.92. The summed E-state index contributed by atoms with van der Waals surface area (Å²) in [7, 11) is -3.69. The van der Waals surface area contributed by atoms with Crippen molar-refractivity contribution in [3.05, 3.63) is 28.2 Å². The van der Waals surface area contributed by atoms with Crippen molar-refractivity contribution >= 4 is 37.8 Å². The average molecular weight is 349 g/mol. The first-order valence-corrected chi connectivity index (χ1v) is 7.94. The van der Waals surface area contributed by atoms with Crippen molar-refractivity contribution in [3.63, 3.8) is 0 Å². The number of rotatable bonds is 4. The average Bonchev–Trinajstić information content (AvgIpc) is 2.81. The number of carboxylic acid groups (broad SMARTS) is 1. The molecule has 19 heavy (non-hydrogen) atoms. The summed E-state index contributed by atoms with van der Waals surface area (Å²) in [6.07, 6.45) is 1.65. The van der Waals surface area contributed by atoms with Crippen LogP contribution in [0.15, 0.2) is 22.7 Å². The van der Waals surface area contributed by atoms with Crippen LogP contribution in [0, 0.1) is 0 Å². The molecule has 8 heteroatoms. The van der Waals surface area contributed by atoms with Crippen molar-refractivity contribution in [1.29, 1.82) is 0 Å². The highest BCUT2D eigenvalue weighted by Gasteiger charge is 2.26. The topological polar surface area (TPSA) is 86.7 Å². The number of halogens is 1. The van der Waals surface area contributed by atoms with Crippen LogP contribution in [0.1, 0.15) is 23.2 Å². The Morgan fingerprint density at radius 3 is 2.53 bits per heavy atom. The van der Waals surface area contributed by atoms with Crippen molar-refractivity contribution in [1.82, 2.24) is 4.31 Å². The summed E-state index contributed by atoms with van der Waals surface area (Å²) in [5.74, 6) is -1.17. The molecule has 0 unspecified atom stereocenters. The molecule has 1 heterocycles. The molecule has 0 radical (unpaired) electrons. The van der Waals surface area contributed by atoms with Crippen LogP contribution in [0.4, 0.5) is 5.69 Å². The number of carboxylic acids is 1. The van der Waals surface area contributed by atoms with E-state index < -0.39 is 16.2 Å². The second-order valence-electron chi connectivity index (χ2n) is 4.21. The van der Waals surface area contributed by atoms with Gasteiger partial charge in [-0.25, -0.2) is 4.79 Å². The maximum absolute atomic E-state index is 12.1. The van der Waals surface area contributed by atoms with Gasteiger partial charge in [0, 0.05) is 17.6 Å². The molecule has 0 bridgehead atoms. The van der Waals surface area contributed by atoms with Gasteiger partial charge in [0.25, 0.3) is 0 Å². The summed E-state index contributed by atoms with van der Waals surface area (Å²) in [4.78, 5) is 11.1. The molecular formula is C11H13BrN2O4S. The third-order valence-electron chi connectivity index (χ3n) is 2.86. The molecule has 1 saturated heterocycles. The summed E-state index contributed by atoms with van der Waals surface area (Å²) >= 11 is 3.20. The predicted octanol–water partition coefficient (Wildman–Crippen LogP) is 1.90. The van der Waals surface area contributed by atoms with Gasteiger partial charge in [0.05, 0.1) is 11.3 Å². The Morgan fingerprint density at radius 2 is 1.95 bits per heavy atom. The molecular weight excluding hydrogens is 336 g/mol. The molecule has 1 aromatic carbocycles. The number of nitrogens with zero attached hydrogens (tertiary/aromatic N) is 1. The fourth-order valence-corrected chi connectivity index (χ4v) is 3.60. The molecule has 1 aliphatic heterocycles. The molecule has 0 amide bonds. The van der Waals surface area contributed by atoms with Gasteiger partial charge in [0.2, 0.25) is 0 Å². The zero-order valence-corrected chi connectivity index (χ0v) is 12.4. The van der Waals surface area contributed by atoms with Crippen LogP contribution in [-0.2, 0) is 10.2 Å². The Labute approximate surface area is 119 Å². The number of anilines is 1. The predicted molar refractivity (Wildman–Crippen MR) is 74.5 cm³/mol. The van der Waals surface area contributed by atoms with Gasteiger partial charge in [0.15, 0.2) is 0 Å². The number of carbonyl (C=O) groups is 1. The minimum Gasteiger partial charge on any atom is -0.478 e. The zero-order valence-electron chi connectivity index (χ0n) is 9.97. The van der Waals surface area contributed by atoms with Crippen molar-refractivity contribution in [2.24, 2.45) is 0 Å². The molecule has 0 spiro atoms. The van der Waals surface area contributed by atoms with E-state index >= 15 is 0 Å². The Kier molecular flexibility index (Phi) is 4.12. The monoisotopic (exact) mass is 348 g/mol. The Balaban J connectivity index is 2.32. The van der Waals surface area contributed by atoms with Crippen molar-refractivity contribution < 1.29 is 18.3 Å². The normalized spacial score (nSPS) is 16.5. The highest BCUT2D eigenvalue weighted by molar-refractivity contribution is 9.10. The lowest BCUT2D eigenvalue weighted by molar-refractivity contribution is 0.0698. The fraction of sp³-hybridized carbons (Fsp3) is 0.364. The van der Waals surface area contributed by atoms with E-state index in [0.29, 0.717) is 17.6 Å². The Bertz CT molecular complexity index is 597. The number of hydrogen-bond donors (Lipinski definition) is 2. The molecule has 0 atom stereocenters. The third-order valence-corrected chi connectivity index (χ3v) is 4.87. The molecule has 0 aliphatic carbocycles. The zero-order chi connectivity index (χ0) is 14.0. The molecule has 1 aromatic rings. The molecule has 0 saturated carbocycles. The Morgan fingerprint density at radius 1 is 1.32 bits per heavy atom. The highest BCUT2D eigenvalue weighted by atomic mass is 79.9. The molecule has 1 fully saturated rings. The third kappa shape index (κ3) is 3.26. The van der Waals surface area contributed by atoms with Gasteiger partial charge >= 0.3 is 16.2 Å². The van der Waals surface area contributed by atoms with Crippen LogP contribution < -0.4 is 4.72 Å². The van der Waals surface area contributed by atoms with Gasteiger partial charge in [-0.05, 0) is 31.0 Å². The van der Waals surface area contributed by atoms with E-state index in [9.17, 15) is 13.2 Å². The second kappa shape index (κ2) is 5.48. The minimum absolute atomic E-state index is 0.0637. The van der Waals surface area contributed by atoms with Crippen LogP contribution in [0.5, 0.6) is 0 Å². The van der Waals surface area contributed by atoms with Gasteiger partial charge in [-0.3, -0.25) is 4.72 Å². The van der Waals surface area contributed by atoms with E-state index in [1.54, 1.807) is 6.07 Å². The summed E-state index contributed by atoms with van der Waals surface area (Å²) in [5.41, 5.74) is -0.0141.